The first-order chi connectivity index (χ1) is 8.06. The van der Waals surface area contributed by atoms with Gasteiger partial charge in [0.15, 0.2) is 0 Å². The standard InChI is InChI=1S/C13H21ClN2O/c1-10(17)7-8-16(3)13-11(9-15-2)5-4-6-12(13)14/h4-6,10,15,17H,7-9H2,1-3H3. The molecule has 0 bridgehead atoms. The second-order valence-electron chi connectivity index (χ2n) is 4.34. The van der Waals surface area contributed by atoms with Crippen LogP contribution < -0.4 is 10.2 Å². The van der Waals surface area contributed by atoms with Crippen molar-refractivity contribution in [2.45, 2.75) is 26.0 Å². The lowest BCUT2D eigenvalue weighted by molar-refractivity contribution is 0.187. The molecule has 4 heteroatoms. The highest BCUT2D eigenvalue weighted by Gasteiger charge is 2.11. The Morgan fingerprint density at radius 2 is 2.18 bits per heavy atom. The zero-order chi connectivity index (χ0) is 12.8. The second-order valence-corrected chi connectivity index (χ2v) is 4.74. The molecular formula is C13H21ClN2O. The Morgan fingerprint density at radius 1 is 1.47 bits per heavy atom. The van der Waals surface area contributed by atoms with E-state index < -0.39 is 0 Å². The van der Waals surface area contributed by atoms with Crippen molar-refractivity contribution in [1.82, 2.24) is 5.32 Å². The van der Waals surface area contributed by atoms with Gasteiger partial charge in [-0.1, -0.05) is 23.7 Å². The third kappa shape index (κ3) is 4.19. The van der Waals surface area contributed by atoms with Gasteiger partial charge in [-0.15, -0.1) is 0 Å². The molecule has 0 radical (unpaired) electrons. The first-order valence-electron chi connectivity index (χ1n) is 5.87. The number of nitrogens with zero attached hydrogens (tertiary/aromatic N) is 1. The summed E-state index contributed by atoms with van der Waals surface area (Å²) >= 11 is 6.24. The number of nitrogens with one attached hydrogen (secondary N) is 1. The van der Waals surface area contributed by atoms with Crippen LogP contribution in [0.4, 0.5) is 5.69 Å². The Hall–Kier alpha value is -0.770. The number of aliphatic hydroxyl groups is 1. The van der Waals surface area contributed by atoms with Crippen LogP contribution in [0.1, 0.15) is 18.9 Å². The fourth-order valence-electron chi connectivity index (χ4n) is 1.81. The zero-order valence-corrected chi connectivity index (χ0v) is 11.5. The Kier molecular flexibility index (Phi) is 5.75. The number of hydrogen-bond donors (Lipinski definition) is 2. The SMILES string of the molecule is CNCc1cccc(Cl)c1N(C)CCC(C)O. The van der Waals surface area contributed by atoms with Gasteiger partial charge in [-0.05, 0) is 32.0 Å². The molecule has 0 aromatic heterocycles. The largest absolute Gasteiger partial charge is 0.393 e. The second kappa shape index (κ2) is 6.84. The highest BCUT2D eigenvalue weighted by atomic mass is 35.5. The van der Waals surface area contributed by atoms with Crippen molar-refractivity contribution in [2.24, 2.45) is 0 Å². The molecule has 0 aliphatic heterocycles. The van der Waals surface area contributed by atoms with E-state index in [0.717, 1.165) is 30.2 Å². The molecule has 1 unspecified atom stereocenters. The summed E-state index contributed by atoms with van der Waals surface area (Å²) in [5, 5.41) is 13.2. The smallest absolute Gasteiger partial charge is 0.0642 e. The number of rotatable bonds is 6. The van der Waals surface area contributed by atoms with E-state index >= 15 is 0 Å². The van der Waals surface area contributed by atoms with Gasteiger partial charge in [-0.2, -0.15) is 0 Å². The lowest BCUT2D eigenvalue weighted by atomic mass is 10.1. The Balaban J connectivity index is 2.86. The van der Waals surface area contributed by atoms with E-state index in [1.807, 2.05) is 26.2 Å². The molecular weight excluding hydrogens is 236 g/mol. The van der Waals surface area contributed by atoms with E-state index in [1.54, 1.807) is 6.92 Å². The van der Waals surface area contributed by atoms with Crippen molar-refractivity contribution in [3.63, 3.8) is 0 Å². The van der Waals surface area contributed by atoms with Gasteiger partial charge in [0.25, 0.3) is 0 Å². The quantitative estimate of drug-likeness (QED) is 0.820. The number of anilines is 1. The Bertz CT molecular complexity index is 355. The Labute approximate surface area is 108 Å². The molecule has 1 atom stereocenters. The fourth-order valence-corrected chi connectivity index (χ4v) is 2.15. The molecule has 0 heterocycles. The van der Waals surface area contributed by atoms with Crippen LogP contribution in [0, 0.1) is 0 Å². The number of hydrogen-bond acceptors (Lipinski definition) is 3. The van der Waals surface area contributed by atoms with E-state index in [0.29, 0.717) is 0 Å². The highest BCUT2D eigenvalue weighted by molar-refractivity contribution is 6.33. The molecule has 17 heavy (non-hydrogen) atoms. The van der Waals surface area contributed by atoms with Crippen molar-refractivity contribution >= 4 is 17.3 Å². The van der Waals surface area contributed by atoms with Crippen molar-refractivity contribution in [3.05, 3.63) is 28.8 Å². The van der Waals surface area contributed by atoms with Gasteiger partial charge in [0.05, 0.1) is 16.8 Å². The molecule has 2 N–H and O–H groups in total. The topological polar surface area (TPSA) is 35.5 Å². The van der Waals surface area contributed by atoms with Crippen LogP contribution in [0.2, 0.25) is 5.02 Å². The molecule has 0 amide bonds. The minimum atomic E-state index is -0.285. The van der Waals surface area contributed by atoms with E-state index in [9.17, 15) is 5.11 Å². The monoisotopic (exact) mass is 256 g/mol. The average Bonchev–Trinajstić information content (AvgIpc) is 2.26. The van der Waals surface area contributed by atoms with Gasteiger partial charge in [-0.25, -0.2) is 0 Å². The fraction of sp³-hybridized carbons (Fsp3) is 0.538. The maximum absolute atomic E-state index is 9.32. The predicted octanol–water partition coefficient (Wildman–Crippen LogP) is 2.27. The van der Waals surface area contributed by atoms with E-state index in [2.05, 4.69) is 16.3 Å². The van der Waals surface area contributed by atoms with Gasteiger partial charge < -0.3 is 15.3 Å². The van der Waals surface area contributed by atoms with Gasteiger partial charge in [0.1, 0.15) is 0 Å². The molecule has 0 saturated heterocycles. The van der Waals surface area contributed by atoms with Crippen LogP contribution in [-0.4, -0.2) is 31.9 Å². The molecule has 1 aromatic carbocycles. The van der Waals surface area contributed by atoms with E-state index in [-0.39, 0.29) is 6.10 Å². The van der Waals surface area contributed by atoms with Crippen LogP contribution in [0.3, 0.4) is 0 Å². The third-order valence-corrected chi connectivity index (χ3v) is 3.01. The summed E-state index contributed by atoms with van der Waals surface area (Å²) in [5.74, 6) is 0. The first kappa shape index (κ1) is 14.3. The van der Waals surface area contributed by atoms with Crippen molar-refractivity contribution in [2.75, 3.05) is 25.5 Å². The lowest BCUT2D eigenvalue weighted by Crippen LogP contribution is -2.24. The maximum Gasteiger partial charge on any atom is 0.0642 e. The van der Waals surface area contributed by atoms with Gasteiger partial charge in [0, 0.05) is 20.1 Å². The molecule has 0 aliphatic rings. The normalized spacial score (nSPS) is 12.5. The van der Waals surface area contributed by atoms with Gasteiger partial charge in [0.2, 0.25) is 0 Å². The molecule has 1 aromatic rings. The van der Waals surface area contributed by atoms with Crippen molar-refractivity contribution in [3.8, 4) is 0 Å². The van der Waals surface area contributed by atoms with E-state index in [1.165, 1.54) is 5.56 Å². The minimum Gasteiger partial charge on any atom is -0.393 e. The average molecular weight is 257 g/mol. The summed E-state index contributed by atoms with van der Waals surface area (Å²) in [7, 11) is 3.92. The van der Waals surface area contributed by atoms with Gasteiger partial charge in [-0.3, -0.25) is 0 Å². The van der Waals surface area contributed by atoms with Crippen molar-refractivity contribution < 1.29 is 5.11 Å². The molecule has 0 fully saturated rings. The molecule has 3 nitrogen and oxygen atoms in total. The summed E-state index contributed by atoms with van der Waals surface area (Å²) in [5.41, 5.74) is 2.22. The summed E-state index contributed by atoms with van der Waals surface area (Å²) in [4.78, 5) is 2.10. The number of para-hydroxylation sites is 1. The lowest BCUT2D eigenvalue weighted by Gasteiger charge is -2.24. The third-order valence-electron chi connectivity index (χ3n) is 2.70. The summed E-state index contributed by atoms with van der Waals surface area (Å²) in [6, 6.07) is 5.92. The summed E-state index contributed by atoms with van der Waals surface area (Å²) in [6.07, 6.45) is 0.452. The Morgan fingerprint density at radius 3 is 2.76 bits per heavy atom. The zero-order valence-electron chi connectivity index (χ0n) is 10.7. The van der Waals surface area contributed by atoms with Crippen LogP contribution in [0.5, 0.6) is 0 Å². The summed E-state index contributed by atoms with van der Waals surface area (Å²) < 4.78 is 0. The van der Waals surface area contributed by atoms with Crippen LogP contribution >= 0.6 is 11.6 Å². The number of halogens is 1. The van der Waals surface area contributed by atoms with Crippen LogP contribution in [0.25, 0.3) is 0 Å². The molecule has 96 valence electrons. The molecule has 0 spiro atoms. The van der Waals surface area contributed by atoms with Crippen molar-refractivity contribution in [1.29, 1.82) is 0 Å². The predicted molar refractivity (Wildman–Crippen MR) is 73.8 cm³/mol. The van der Waals surface area contributed by atoms with Gasteiger partial charge >= 0.3 is 0 Å². The number of benzene rings is 1. The first-order valence-corrected chi connectivity index (χ1v) is 6.25. The van der Waals surface area contributed by atoms with E-state index in [4.69, 9.17) is 11.6 Å². The maximum atomic E-state index is 9.32. The molecule has 0 aliphatic carbocycles. The highest BCUT2D eigenvalue weighted by Crippen LogP contribution is 2.29. The summed E-state index contributed by atoms with van der Waals surface area (Å²) in [6.45, 7) is 3.38. The molecule has 0 saturated carbocycles. The number of aliphatic hydroxyl groups excluding tert-OH is 1. The molecule has 1 rings (SSSR count). The van der Waals surface area contributed by atoms with Crippen LogP contribution in [-0.2, 0) is 6.54 Å². The minimum absolute atomic E-state index is 0.285. The van der Waals surface area contributed by atoms with Crippen LogP contribution in [0.15, 0.2) is 18.2 Å².